The van der Waals surface area contributed by atoms with Crippen LogP contribution >= 0.6 is 0 Å². The monoisotopic (exact) mass is 310 g/mol. The van der Waals surface area contributed by atoms with E-state index in [1.165, 1.54) is 0 Å². The Morgan fingerprint density at radius 2 is 2.04 bits per heavy atom. The second-order valence-corrected chi connectivity index (χ2v) is 7.02. The number of carbonyl (C=O) groups is 2. The van der Waals surface area contributed by atoms with Gasteiger partial charge in [0.05, 0.1) is 10.8 Å². The molecule has 3 aliphatic rings. The maximum absolute atomic E-state index is 13.4. The van der Waals surface area contributed by atoms with Gasteiger partial charge in [-0.3, -0.25) is 9.59 Å². The summed E-state index contributed by atoms with van der Waals surface area (Å²) >= 11 is 0. The van der Waals surface area contributed by atoms with E-state index in [0.29, 0.717) is 13.0 Å². The fourth-order valence-corrected chi connectivity index (χ4v) is 5.44. The summed E-state index contributed by atoms with van der Waals surface area (Å²) in [6.07, 6.45) is 3.28. The summed E-state index contributed by atoms with van der Waals surface area (Å²) in [5, 5.41) is 0. The van der Waals surface area contributed by atoms with Crippen molar-refractivity contribution in [3.05, 3.63) is 42.5 Å². The van der Waals surface area contributed by atoms with Crippen LogP contribution in [0.25, 0.3) is 0 Å². The van der Waals surface area contributed by atoms with Crippen LogP contribution in [0.1, 0.15) is 25.3 Å². The zero-order valence-electron chi connectivity index (χ0n) is 13.7. The Kier molecular flexibility index (Phi) is 2.81. The molecule has 0 radical (unpaired) electrons. The second-order valence-electron chi connectivity index (χ2n) is 7.02. The Morgan fingerprint density at radius 1 is 1.30 bits per heavy atom. The van der Waals surface area contributed by atoms with Crippen molar-refractivity contribution in [3.63, 3.8) is 0 Å². The number of benzene rings is 1. The average Bonchev–Trinajstić information content (AvgIpc) is 2.76. The van der Waals surface area contributed by atoms with Crippen LogP contribution in [0.15, 0.2) is 36.9 Å². The van der Waals surface area contributed by atoms with Crippen molar-refractivity contribution in [2.75, 3.05) is 25.0 Å². The first-order valence-corrected chi connectivity index (χ1v) is 8.32. The molecule has 120 valence electrons. The third kappa shape index (κ3) is 1.34. The summed E-state index contributed by atoms with van der Waals surface area (Å²) in [4.78, 5) is 30.2. The fraction of sp³-hybridized carbons (Fsp3) is 0.474. The predicted octanol–water partition coefficient (Wildman–Crippen LogP) is 2.35. The molecule has 1 saturated heterocycles. The lowest BCUT2D eigenvalue weighted by Gasteiger charge is -2.62. The van der Waals surface area contributed by atoms with Gasteiger partial charge in [0.15, 0.2) is 0 Å². The van der Waals surface area contributed by atoms with Gasteiger partial charge in [0, 0.05) is 25.8 Å². The summed E-state index contributed by atoms with van der Waals surface area (Å²) in [5.74, 6) is 0.446. The third-order valence-corrected chi connectivity index (χ3v) is 6.38. The van der Waals surface area contributed by atoms with Crippen molar-refractivity contribution in [1.82, 2.24) is 4.90 Å². The van der Waals surface area contributed by atoms with E-state index in [4.69, 9.17) is 0 Å². The molecule has 0 aromatic heterocycles. The molecule has 2 heterocycles. The Morgan fingerprint density at radius 3 is 2.74 bits per heavy atom. The molecular weight excluding hydrogens is 288 g/mol. The molecule has 2 amide bonds. The van der Waals surface area contributed by atoms with E-state index < -0.39 is 10.8 Å². The topological polar surface area (TPSA) is 40.6 Å². The van der Waals surface area contributed by atoms with Crippen LogP contribution in [0, 0.1) is 11.3 Å². The van der Waals surface area contributed by atoms with Crippen molar-refractivity contribution in [3.8, 4) is 0 Å². The summed E-state index contributed by atoms with van der Waals surface area (Å²) in [5.41, 5.74) is 0.690. The van der Waals surface area contributed by atoms with Gasteiger partial charge in [0.2, 0.25) is 11.8 Å². The second kappa shape index (κ2) is 4.47. The molecule has 2 aliphatic heterocycles. The molecule has 1 saturated carbocycles. The minimum atomic E-state index is -0.662. The lowest BCUT2D eigenvalue weighted by molar-refractivity contribution is -0.161. The quantitative estimate of drug-likeness (QED) is 0.804. The van der Waals surface area contributed by atoms with E-state index in [0.717, 1.165) is 24.2 Å². The molecular formula is C19H22N2O2. The molecule has 4 nitrogen and oxygen atoms in total. The van der Waals surface area contributed by atoms with Crippen LogP contribution in [-0.2, 0) is 15.0 Å². The highest BCUT2D eigenvalue weighted by atomic mass is 16.2. The lowest BCUT2D eigenvalue weighted by atomic mass is 9.39. The molecule has 1 spiro atoms. The van der Waals surface area contributed by atoms with E-state index in [1.54, 1.807) is 11.0 Å². The first-order chi connectivity index (χ1) is 11.0. The molecule has 1 aromatic rings. The number of hydrogen-bond donors (Lipinski definition) is 0. The van der Waals surface area contributed by atoms with E-state index in [2.05, 4.69) is 6.58 Å². The predicted molar refractivity (Wildman–Crippen MR) is 89.1 cm³/mol. The van der Waals surface area contributed by atoms with Gasteiger partial charge in [-0.05, 0) is 30.4 Å². The highest BCUT2D eigenvalue weighted by molar-refractivity contribution is 6.11. The fourth-order valence-electron chi connectivity index (χ4n) is 5.44. The number of nitrogens with zero attached hydrogens (tertiary/aromatic N) is 2. The van der Waals surface area contributed by atoms with Gasteiger partial charge in [-0.25, -0.2) is 0 Å². The Labute approximate surface area is 136 Å². The van der Waals surface area contributed by atoms with Crippen LogP contribution in [0.4, 0.5) is 5.69 Å². The van der Waals surface area contributed by atoms with Gasteiger partial charge in [-0.2, -0.15) is 0 Å². The number of rotatable bonds is 3. The van der Waals surface area contributed by atoms with Gasteiger partial charge in [0.1, 0.15) is 0 Å². The number of fused-ring (bicyclic) bond motifs is 1. The molecule has 0 N–H and O–H groups in total. The molecule has 4 rings (SSSR count). The molecule has 4 heteroatoms. The maximum Gasteiger partial charge on any atom is 0.235 e. The van der Waals surface area contributed by atoms with Gasteiger partial charge in [-0.1, -0.05) is 31.2 Å². The molecule has 0 bridgehead atoms. The number of anilines is 1. The highest BCUT2D eigenvalue weighted by Gasteiger charge is 2.78. The Balaban J connectivity index is 1.98. The van der Waals surface area contributed by atoms with E-state index in [1.807, 2.05) is 43.1 Å². The highest BCUT2D eigenvalue weighted by Crippen LogP contribution is 2.70. The Bertz CT molecular complexity index is 728. The zero-order valence-corrected chi connectivity index (χ0v) is 13.7. The van der Waals surface area contributed by atoms with Gasteiger partial charge in [-0.15, -0.1) is 6.58 Å². The third-order valence-electron chi connectivity index (χ3n) is 6.38. The van der Waals surface area contributed by atoms with E-state index >= 15 is 0 Å². The molecule has 1 aromatic carbocycles. The standard InChI is InChI=1S/C19H22N2O2/c1-4-10-21-12-13-11-18(5-2)16(22)20(3)15-9-7-6-8-14(15)19(13,18)17(21)23/h4,6-9,13H,1,5,10-12H2,2-3H3. The molecule has 1 aliphatic carbocycles. The van der Waals surface area contributed by atoms with Crippen molar-refractivity contribution < 1.29 is 9.59 Å². The SMILES string of the molecule is C=CCN1CC2CC3(CC)C(=O)N(C)c4ccccc4C23C1=O. The summed E-state index contributed by atoms with van der Waals surface area (Å²) in [6.45, 7) is 7.11. The van der Waals surface area contributed by atoms with Crippen LogP contribution < -0.4 is 4.90 Å². The van der Waals surface area contributed by atoms with Crippen LogP contribution in [0.3, 0.4) is 0 Å². The van der Waals surface area contributed by atoms with Gasteiger partial charge >= 0.3 is 0 Å². The van der Waals surface area contributed by atoms with Gasteiger partial charge < -0.3 is 9.80 Å². The first kappa shape index (κ1) is 14.5. The van der Waals surface area contributed by atoms with Crippen LogP contribution in [0.2, 0.25) is 0 Å². The summed E-state index contributed by atoms with van der Waals surface area (Å²) in [7, 11) is 1.83. The normalized spacial score (nSPS) is 34.6. The molecule has 3 unspecified atom stereocenters. The lowest BCUT2D eigenvalue weighted by Crippen LogP contribution is -2.71. The molecule has 2 fully saturated rings. The largest absolute Gasteiger partial charge is 0.338 e. The number of likely N-dealkylation sites (tertiary alicyclic amines) is 1. The van der Waals surface area contributed by atoms with Crippen molar-refractivity contribution in [1.29, 1.82) is 0 Å². The number of carbonyl (C=O) groups excluding carboxylic acids is 2. The first-order valence-electron chi connectivity index (χ1n) is 8.32. The van der Waals surface area contributed by atoms with Crippen molar-refractivity contribution in [2.45, 2.75) is 25.2 Å². The average molecular weight is 310 g/mol. The van der Waals surface area contributed by atoms with Crippen molar-refractivity contribution in [2.24, 2.45) is 11.3 Å². The minimum Gasteiger partial charge on any atom is -0.338 e. The Hall–Kier alpha value is -2.10. The number of hydrogen-bond acceptors (Lipinski definition) is 2. The number of amides is 2. The van der Waals surface area contributed by atoms with Gasteiger partial charge in [0.25, 0.3) is 0 Å². The molecule has 23 heavy (non-hydrogen) atoms. The van der Waals surface area contributed by atoms with E-state index in [-0.39, 0.29) is 17.7 Å². The van der Waals surface area contributed by atoms with Crippen molar-refractivity contribution >= 4 is 17.5 Å². The number of para-hydroxylation sites is 1. The van der Waals surface area contributed by atoms with Crippen LogP contribution in [-0.4, -0.2) is 36.9 Å². The van der Waals surface area contributed by atoms with E-state index in [9.17, 15) is 9.59 Å². The smallest absolute Gasteiger partial charge is 0.235 e. The molecule has 3 atom stereocenters. The summed E-state index contributed by atoms with van der Waals surface area (Å²) in [6, 6.07) is 7.92. The zero-order chi connectivity index (χ0) is 16.4. The van der Waals surface area contributed by atoms with Crippen LogP contribution in [0.5, 0.6) is 0 Å². The maximum atomic E-state index is 13.4. The minimum absolute atomic E-state index is 0.101. The summed E-state index contributed by atoms with van der Waals surface area (Å²) < 4.78 is 0.